The highest BCUT2D eigenvalue weighted by Gasteiger charge is 2.19. The molecule has 0 radical (unpaired) electrons. The molecule has 1 aromatic carbocycles. The lowest BCUT2D eigenvalue weighted by Gasteiger charge is -2.26. The smallest absolute Gasteiger partial charge is 0.202 e. The van der Waals surface area contributed by atoms with Crippen LogP contribution in [0.1, 0.15) is 5.69 Å². The Kier molecular flexibility index (Phi) is 6.83. The Morgan fingerprint density at radius 1 is 1.42 bits per heavy atom. The van der Waals surface area contributed by atoms with Gasteiger partial charge in [0.15, 0.2) is 10.7 Å². The van der Waals surface area contributed by atoms with Crippen molar-refractivity contribution in [3.63, 3.8) is 0 Å². The summed E-state index contributed by atoms with van der Waals surface area (Å²) in [4.78, 5) is 2.37. The van der Waals surface area contributed by atoms with Gasteiger partial charge in [-0.1, -0.05) is 16.9 Å². The van der Waals surface area contributed by atoms with Crippen LogP contribution in [0.3, 0.4) is 0 Å². The van der Waals surface area contributed by atoms with Crippen LogP contribution >= 0.6 is 27.7 Å². The highest BCUT2D eigenvalue weighted by molar-refractivity contribution is 9.10. The van der Waals surface area contributed by atoms with Crippen molar-refractivity contribution in [2.45, 2.75) is 5.03 Å². The van der Waals surface area contributed by atoms with Crippen LogP contribution in [0.2, 0.25) is 0 Å². The van der Waals surface area contributed by atoms with Crippen molar-refractivity contribution in [1.29, 1.82) is 0 Å². The summed E-state index contributed by atoms with van der Waals surface area (Å²) in [5.41, 5.74) is 0.837. The fourth-order valence-electron chi connectivity index (χ4n) is 2.47. The van der Waals surface area contributed by atoms with E-state index in [9.17, 15) is 9.60 Å². The molecule has 0 bridgehead atoms. The first-order chi connectivity index (χ1) is 12.7. The number of benzene rings is 1. The van der Waals surface area contributed by atoms with Gasteiger partial charge in [0.2, 0.25) is 5.84 Å². The molecule has 3 rings (SSSR count). The van der Waals surface area contributed by atoms with E-state index in [0.29, 0.717) is 20.9 Å². The van der Waals surface area contributed by atoms with Gasteiger partial charge in [0.25, 0.3) is 0 Å². The normalized spacial score (nSPS) is 16.0. The lowest BCUT2D eigenvalue weighted by Crippen LogP contribution is -2.44. The highest BCUT2D eigenvalue weighted by atomic mass is 79.9. The van der Waals surface area contributed by atoms with Crippen molar-refractivity contribution < 1.29 is 14.2 Å². The molecule has 0 unspecified atom stereocenters. The molecular weight excluding hydrogens is 427 g/mol. The van der Waals surface area contributed by atoms with Crippen LogP contribution in [0.4, 0.5) is 10.1 Å². The van der Waals surface area contributed by atoms with Gasteiger partial charge in [-0.15, -0.1) is 0 Å². The molecule has 0 amide bonds. The molecule has 1 aliphatic rings. The number of rotatable bonds is 6. The quantitative estimate of drug-likeness (QED) is 0.205. The Morgan fingerprint density at radius 3 is 2.96 bits per heavy atom. The third-order valence-electron chi connectivity index (χ3n) is 3.82. The number of halogens is 2. The molecule has 1 aromatic heterocycles. The number of hydrogen-bond donors (Lipinski definition) is 3. The molecule has 8 nitrogen and oxygen atoms in total. The average Bonchev–Trinajstić information content (AvgIpc) is 3.12. The second-order valence-corrected chi connectivity index (χ2v) is 7.50. The third kappa shape index (κ3) is 4.93. The van der Waals surface area contributed by atoms with Crippen LogP contribution in [-0.4, -0.2) is 64.7 Å². The fourth-order valence-corrected chi connectivity index (χ4v) is 3.75. The molecule has 1 aliphatic heterocycles. The first kappa shape index (κ1) is 19.1. The minimum absolute atomic E-state index is 0.0782. The largest absolute Gasteiger partial charge is 0.409 e. The minimum atomic E-state index is -0.384. The van der Waals surface area contributed by atoms with Gasteiger partial charge in [0.05, 0.1) is 4.47 Å². The van der Waals surface area contributed by atoms with E-state index in [-0.39, 0.29) is 11.7 Å². The van der Waals surface area contributed by atoms with Crippen LogP contribution in [0.15, 0.2) is 37.5 Å². The van der Waals surface area contributed by atoms with Crippen LogP contribution < -0.4 is 10.6 Å². The monoisotopic (exact) mass is 444 g/mol. The molecule has 11 heteroatoms. The van der Waals surface area contributed by atoms with E-state index in [2.05, 4.69) is 46.9 Å². The van der Waals surface area contributed by atoms with Crippen molar-refractivity contribution in [1.82, 2.24) is 20.5 Å². The lowest BCUT2D eigenvalue weighted by atomic mass is 10.3. The second kappa shape index (κ2) is 9.31. The first-order valence-electron chi connectivity index (χ1n) is 8.00. The van der Waals surface area contributed by atoms with E-state index >= 15 is 0 Å². The number of anilines is 1. The zero-order valence-corrected chi connectivity index (χ0v) is 16.2. The number of amidine groups is 1. The number of piperazine rings is 1. The lowest BCUT2D eigenvalue weighted by molar-refractivity contribution is 0.255. The number of aromatic nitrogens is 2. The SMILES string of the molecule is O/N=C(/Nc1ccc(F)c(Br)c1)c1nonc1SCCN1CCNCC1. The van der Waals surface area contributed by atoms with Crippen LogP contribution in [-0.2, 0) is 0 Å². The average molecular weight is 445 g/mol. The molecule has 2 aromatic rings. The number of nitrogens with zero attached hydrogens (tertiary/aromatic N) is 4. The van der Waals surface area contributed by atoms with E-state index < -0.39 is 0 Å². The number of oxime groups is 1. The Balaban J connectivity index is 1.62. The van der Waals surface area contributed by atoms with E-state index in [1.54, 1.807) is 0 Å². The molecule has 0 aliphatic carbocycles. The number of hydrogen-bond acceptors (Lipinski definition) is 8. The summed E-state index contributed by atoms with van der Waals surface area (Å²) in [5, 5.41) is 27.0. The van der Waals surface area contributed by atoms with Crippen molar-refractivity contribution in [3.8, 4) is 0 Å². The molecule has 2 heterocycles. The fraction of sp³-hybridized carbons (Fsp3) is 0.400. The summed E-state index contributed by atoms with van der Waals surface area (Å²) in [7, 11) is 0. The second-order valence-electron chi connectivity index (χ2n) is 5.56. The summed E-state index contributed by atoms with van der Waals surface area (Å²) in [5.74, 6) is 0.502. The van der Waals surface area contributed by atoms with E-state index in [4.69, 9.17) is 4.63 Å². The Labute approximate surface area is 162 Å². The maximum Gasteiger partial charge on any atom is 0.202 e. The van der Waals surface area contributed by atoms with Crippen molar-refractivity contribution in [2.75, 3.05) is 43.8 Å². The number of thioether (sulfide) groups is 1. The summed E-state index contributed by atoms with van der Waals surface area (Å²) < 4.78 is 18.4. The molecule has 0 atom stereocenters. The van der Waals surface area contributed by atoms with Gasteiger partial charge in [-0.3, -0.25) is 4.90 Å². The van der Waals surface area contributed by atoms with E-state index in [1.807, 2.05) is 0 Å². The molecular formula is C15H18BrFN6O2S. The summed E-state index contributed by atoms with van der Waals surface area (Å²) in [6, 6.07) is 4.35. The summed E-state index contributed by atoms with van der Waals surface area (Å²) in [6.45, 7) is 4.96. The highest BCUT2D eigenvalue weighted by Crippen LogP contribution is 2.23. The van der Waals surface area contributed by atoms with E-state index in [1.165, 1.54) is 30.0 Å². The minimum Gasteiger partial charge on any atom is -0.409 e. The third-order valence-corrected chi connectivity index (χ3v) is 5.36. The summed E-state index contributed by atoms with van der Waals surface area (Å²) in [6.07, 6.45) is 0. The molecule has 0 spiro atoms. The molecule has 140 valence electrons. The van der Waals surface area contributed by atoms with Gasteiger partial charge in [-0.2, -0.15) is 0 Å². The van der Waals surface area contributed by atoms with Gasteiger partial charge in [0, 0.05) is 44.2 Å². The van der Waals surface area contributed by atoms with Crippen LogP contribution in [0.5, 0.6) is 0 Å². The Hall–Kier alpha value is -1.69. The molecule has 3 N–H and O–H groups in total. The Bertz CT molecular complexity index is 768. The topological polar surface area (TPSA) is 98.8 Å². The predicted octanol–water partition coefficient (Wildman–Crippen LogP) is 2.22. The van der Waals surface area contributed by atoms with Crippen molar-refractivity contribution in [3.05, 3.63) is 34.2 Å². The Morgan fingerprint density at radius 2 is 2.23 bits per heavy atom. The van der Waals surface area contributed by atoms with Gasteiger partial charge < -0.3 is 15.8 Å². The standard InChI is InChI=1S/C15H18BrFN6O2S/c16-11-9-10(1-2-12(11)17)19-14(20-24)13-15(22-25-21-13)26-8-7-23-5-3-18-4-6-23/h1-2,9,18,24H,3-8H2,(H,19,20). The maximum absolute atomic E-state index is 13.3. The van der Waals surface area contributed by atoms with Gasteiger partial charge in [0.1, 0.15) is 5.82 Å². The zero-order valence-electron chi connectivity index (χ0n) is 13.8. The van der Waals surface area contributed by atoms with Gasteiger partial charge >= 0.3 is 0 Å². The van der Waals surface area contributed by atoms with Crippen molar-refractivity contribution in [2.24, 2.45) is 5.16 Å². The first-order valence-corrected chi connectivity index (χ1v) is 9.78. The van der Waals surface area contributed by atoms with Gasteiger partial charge in [-0.05, 0) is 44.4 Å². The zero-order chi connectivity index (χ0) is 18.4. The number of nitrogens with one attached hydrogen (secondary N) is 2. The molecule has 1 fully saturated rings. The van der Waals surface area contributed by atoms with E-state index in [0.717, 1.165) is 38.5 Å². The van der Waals surface area contributed by atoms with Gasteiger partial charge in [-0.25, -0.2) is 9.02 Å². The van der Waals surface area contributed by atoms with Crippen LogP contribution in [0.25, 0.3) is 0 Å². The molecule has 1 saturated heterocycles. The predicted molar refractivity (Wildman–Crippen MR) is 100 cm³/mol. The maximum atomic E-state index is 13.3. The summed E-state index contributed by atoms with van der Waals surface area (Å²) >= 11 is 4.59. The van der Waals surface area contributed by atoms with Crippen LogP contribution in [0, 0.1) is 5.82 Å². The molecule has 0 saturated carbocycles. The van der Waals surface area contributed by atoms with Crippen molar-refractivity contribution >= 4 is 39.2 Å². The molecule has 26 heavy (non-hydrogen) atoms.